The first kappa shape index (κ1) is 9.76. The highest BCUT2D eigenvalue weighted by molar-refractivity contribution is 5.69. The van der Waals surface area contributed by atoms with Crippen molar-refractivity contribution in [1.29, 1.82) is 0 Å². The second kappa shape index (κ2) is 4.56. The predicted molar refractivity (Wildman–Crippen MR) is 34.2 cm³/mol. The quantitative estimate of drug-likeness (QED) is 0.520. The summed E-state index contributed by atoms with van der Waals surface area (Å²) in [5.74, 6) is -0.631. The fraction of sp³-hybridized carbons (Fsp3) is 0.857. The Morgan fingerprint density at radius 1 is 1.20 bits per heavy atom. The van der Waals surface area contributed by atoms with Crippen LogP contribution in [0.15, 0.2) is 0 Å². The standard InChI is InChI=1S/C7H12O2.ClH/c8-7(9)6-4-2-1-3-5-6;/h6H,1-5H2,(H,8,9);1H/p-1. The molecule has 0 aliphatic heterocycles. The summed E-state index contributed by atoms with van der Waals surface area (Å²) in [4.78, 5) is 10.4. The molecule has 3 heteroatoms. The average Bonchev–Trinajstić information content (AvgIpc) is 1.90. The van der Waals surface area contributed by atoms with E-state index < -0.39 is 5.97 Å². The van der Waals surface area contributed by atoms with Crippen molar-refractivity contribution in [3.8, 4) is 0 Å². The first-order valence-corrected chi connectivity index (χ1v) is 3.53. The smallest absolute Gasteiger partial charge is 0.306 e. The maximum Gasteiger partial charge on any atom is 0.306 e. The van der Waals surface area contributed by atoms with Gasteiger partial charge in [-0.15, -0.1) is 0 Å². The largest absolute Gasteiger partial charge is 1.00 e. The molecule has 10 heavy (non-hydrogen) atoms. The van der Waals surface area contributed by atoms with Crippen molar-refractivity contribution in [2.45, 2.75) is 32.1 Å². The highest BCUT2D eigenvalue weighted by atomic mass is 35.5. The van der Waals surface area contributed by atoms with Crippen molar-refractivity contribution in [3.05, 3.63) is 0 Å². The Morgan fingerprint density at radius 2 is 1.70 bits per heavy atom. The molecule has 0 saturated heterocycles. The summed E-state index contributed by atoms with van der Waals surface area (Å²) in [6.45, 7) is 0. The van der Waals surface area contributed by atoms with Crippen molar-refractivity contribution < 1.29 is 22.3 Å². The van der Waals surface area contributed by atoms with E-state index in [4.69, 9.17) is 5.11 Å². The summed E-state index contributed by atoms with van der Waals surface area (Å²) in [5.41, 5.74) is 0. The third-order valence-electron chi connectivity index (χ3n) is 1.95. The molecule has 0 unspecified atom stereocenters. The maximum absolute atomic E-state index is 10.4. The highest BCUT2D eigenvalue weighted by Crippen LogP contribution is 2.23. The number of hydrogen-bond acceptors (Lipinski definition) is 1. The molecule has 0 bridgehead atoms. The van der Waals surface area contributed by atoms with Crippen molar-refractivity contribution in [2.75, 3.05) is 0 Å². The molecular formula is C7H12ClO2-. The monoisotopic (exact) mass is 163 g/mol. The third kappa shape index (κ3) is 2.56. The number of carbonyl (C=O) groups is 1. The minimum absolute atomic E-state index is 0. The van der Waals surface area contributed by atoms with Crippen LogP contribution in [-0.4, -0.2) is 11.1 Å². The Kier molecular flexibility index (Phi) is 4.45. The van der Waals surface area contributed by atoms with E-state index in [1.165, 1.54) is 6.42 Å². The fourth-order valence-corrected chi connectivity index (χ4v) is 1.35. The second-order valence-corrected chi connectivity index (χ2v) is 2.67. The SMILES string of the molecule is O=C(O)C1CCCCC1.[Cl-]. The average molecular weight is 164 g/mol. The molecule has 1 saturated carbocycles. The minimum atomic E-state index is -0.602. The summed E-state index contributed by atoms with van der Waals surface area (Å²) >= 11 is 0. The number of carboxylic acid groups (broad SMARTS) is 1. The van der Waals surface area contributed by atoms with Crippen LogP contribution in [0, 0.1) is 5.92 Å². The van der Waals surface area contributed by atoms with Gasteiger partial charge in [0.05, 0.1) is 5.92 Å². The Hall–Kier alpha value is -0.240. The number of hydrogen-bond donors (Lipinski definition) is 1. The Balaban J connectivity index is 0.000000810. The van der Waals surface area contributed by atoms with Crippen molar-refractivity contribution in [2.24, 2.45) is 5.92 Å². The molecule has 1 N–H and O–H groups in total. The molecule has 0 spiro atoms. The topological polar surface area (TPSA) is 37.3 Å². The zero-order chi connectivity index (χ0) is 6.69. The lowest BCUT2D eigenvalue weighted by molar-refractivity contribution is -0.142. The zero-order valence-corrected chi connectivity index (χ0v) is 6.60. The van der Waals surface area contributed by atoms with Crippen LogP contribution >= 0.6 is 0 Å². The molecule has 0 atom stereocenters. The normalized spacial score (nSPS) is 19.6. The van der Waals surface area contributed by atoms with Crippen molar-refractivity contribution >= 4 is 5.97 Å². The highest BCUT2D eigenvalue weighted by Gasteiger charge is 2.19. The minimum Gasteiger partial charge on any atom is -1.00 e. The molecule has 2 nitrogen and oxygen atoms in total. The number of aliphatic carboxylic acids is 1. The van der Waals surface area contributed by atoms with E-state index in [0.717, 1.165) is 25.7 Å². The summed E-state index contributed by atoms with van der Waals surface area (Å²) in [6.07, 6.45) is 5.24. The molecule has 1 rings (SSSR count). The van der Waals surface area contributed by atoms with Gasteiger partial charge in [-0.2, -0.15) is 0 Å². The molecule has 0 aromatic carbocycles. The van der Waals surface area contributed by atoms with E-state index in [9.17, 15) is 4.79 Å². The molecule has 0 aromatic rings. The number of halogens is 1. The maximum atomic E-state index is 10.4. The van der Waals surface area contributed by atoms with E-state index in [1.807, 2.05) is 0 Å². The molecule has 1 fully saturated rings. The summed E-state index contributed by atoms with van der Waals surface area (Å²) < 4.78 is 0. The second-order valence-electron chi connectivity index (χ2n) is 2.67. The lowest BCUT2D eigenvalue weighted by Gasteiger charge is -2.16. The Labute approximate surface area is 67.0 Å². The van der Waals surface area contributed by atoms with Gasteiger partial charge in [-0.25, -0.2) is 0 Å². The van der Waals surface area contributed by atoms with Gasteiger partial charge in [-0.05, 0) is 12.8 Å². The van der Waals surface area contributed by atoms with Crippen LogP contribution in [0.25, 0.3) is 0 Å². The van der Waals surface area contributed by atoms with Gasteiger partial charge in [0, 0.05) is 0 Å². The van der Waals surface area contributed by atoms with E-state index in [0.29, 0.717) is 0 Å². The van der Waals surface area contributed by atoms with Crippen LogP contribution in [0.1, 0.15) is 32.1 Å². The first-order chi connectivity index (χ1) is 4.30. The third-order valence-corrected chi connectivity index (χ3v) is 1.95. The fourth-order valence-electron chi connectivity index (χ4n) is 1.35. The van der Waals surface area contributed by atoms with Crippen LogP contribution in [0.3, 0.4) is 0 Å². The number of rotatable bonds is 1. The van der Waals surface area contributed by atoms with Gasteiger partial charge in [-0.3, -0.25) is 4.79 Å². The summed E-state index contributed by atoms with van der Waals surface area (Å²) in [5, 5.41) is 8.54. The van der Waals surface area contributed by atoms with Crippen LogP contribution in [0.5, 0.6) is 0 Å². The number of carboxylic acids is 1. The first-order valence-electron chi connectivity index (χ1n) is 3.53. The van der Waals surface area contributed by atoms with E-state index >= 15 is 0 Å². The Morgan fingerprint density at radius 3 is 2.00 bits per heavy atom. The van der Waals surface area contributed by atoms with Gasteiger partial charge in [0.25, 0.3) is 0 Å². The molecule has 60 valence electrons. The molecule has 1 aliphatic carbocycles. The lowest BCUT2D eigenvalue weighted by Crippen LogP contribution is -3.00. The Bertz CT molecular complexity index is 108. The van der Waals surface area contributed by atoms with E-state index in [-0.39, 0.29) is 18.3 Å². The predicted octanol–water partition coefficient (Wildman–Crippen LogP) is -1.34. The van der Waals surface area contributed by atoms with Gasteiger partial charge < -0.3 is 17.5 Å². The van der Waals surface area contributed by atoms with Crippen molar-refractivity contribution in [1.82, 2.24) is 0 Å². The van der Waals surface area contributed by atoms with Gasteiger partial charge >= 0.3 is 5.97 Å². The van der Waals surface area contributed by atoms with Gasteiger partial charge in [0.1, 0.15) is 0 Å². The van der Waals surface area contributed by atoms with Crippen LogP contribution in [-0.2, 0) is 4.79 Å². The van der Waals surface area contributed by atoms with Gasteiger partial charge in [0.2, 0.25) is 0 Å². The summed E-state index contributed by atoms with van der Waals surface area (Å²) in [6, 6.07) is 0. The molecular weight excluding hydrogens is 152 g/mol. The van der Waals surface area contributed by atoms with Gasteiger partial charge in [0.15, 0.2) is 0 Å². The van der Waals surface area contributed by atoms with Gasteiger partial charge in [-0.1, -0.05) is 19.3 Å². The molecule has 0 radical (unpaired) electrons. The van der Waals surface area contributed by atoms with E-state index in [2.05, 4.69) is 0 Å². The van der Waals surface area contributed by atoms with Crippen molar-refractivity contribution in [3.63, 3.8) is 0 Å². The zero-order valence-electron chi connectivity index (χ0n) is 5.85. The van der Waals surface area contributed by atoms with Crippen LogP contribution in [0.2, 0.25) is 0 Å². The molecule has 0 heterocycles. The van der Waals surface area contributed by atoms with Crippen LogP contribution in [0.4, 0.5) is 0 Å². The molecule has 1 aliphatic rings. The molecule has 0 amide bonds. The van der Waals surface area contributed by atoms with E-state index in [1.54, 1.807) is 0 Å². The molecule has 0 aromatic heterocycles. The van der Waals surface area contributed by atoms with Crippen LogP contribution < -0.4 is 12.4 Å². The summed E-state index contributed by atoms with van der Waals surface area (Å²) in [7, 11) is 0. The lowest BCUT2D eigenvalue weighted by atomic mass is 9.90.